The highest BCUT2D eigenvalue weighted by molar-refractivity contribution is 5.79. The number of hydrogen-bond donors (Lipinski definition) is 4. The SMILES string of the molecule is NC1CNc2oc(C=O)c(O)c2C1O. The quantitative estimate of drug-likeness (QED) is 0.456. The molecule has 0 aromatic carbocycles. The van der Waals surface area contributed by atoms with Crippen LogP contribution in [0.2, 0.25) is 0 Å². The smallest absolute Gasteiger partial charge is 0.211 e. The van der Waals surface area contributed by atoms with E-state index < -0.39 is 12.1 Å². The second-order valence-electron chi connectivity index (χ2n) is 3.17. The third-order valence-electron chi connectivity index (χ3n) is 2.25. The third-order valence-corrected chi connectivity index (χ3v) is 2.25. The lowest BCUT2D eigenvalue weighted by atomic mass is 10.0. The van der Waals surface area contributed by atoms with E-state index in [4.69, 9.17) is 10.2 Å². The minimum Gasteiger partial charge on any atom is -0.504 e. The van der Waals surface area contributed by atoms with Crippen LogP contribution >= 0.6 is 0 Å². The van der Waals surface area contributed by atoms with E-state index in [1.165, 1.54) is 0 Å². The van der Waals surface area contributed by atoms with Gasteiger partial charge in [-0.2, -0.15) is 0 Å². The molecule has 1 aromatic rings. The summed E-state index contributed by atoms with van der Waals surface area (Å²) >= 11 is 0. The van der Waals surface area contributed by atoms with E-state index in [0.29, 0.717) is 12.8 Å². The molecule has 6 heteroatoms. The van der Waals surface area contributed by atoms with Gasteiger partial charge in [0.05, 0.1) is 11.6 Å². The number of nitrogens with one attached hydrogen (secondary N) is 1. The van der Waals surface area contributed by atoms with Gasteiger partial charge in [-0.25, -0.2) is 0 Å². The van der Waals surface area contributed by atoms with Crippen LogP contribution in [0.25, 0.3) is 0 Å². The fraction of sp³-hybridized carbons (Fsp3) is 0.375. The van der Waals surface area contributed by atoms with Gasteiger partial charge in [0.25, 0.3) is 0 Å². The van der Waals surface area contributed by atoms with Gasteiger partial charge in [0.1, 0.15) is 6.10 Å². The fourth-order valence-electron chi connectivity index (χ4n) is 1.48. The molecule has 2 rings (SSSR count). The van der Waals surface area contributed by atoms with E-state index in [1.807, 2.05) is 0 Å². The fourth-order valence-corrected chi connectivity index (χ4v) is 1.48. The van der Waals surface area contributed by atoms with E-state index in [9.17, 15) is 15.0 Å². The predicted octanol–water partition coefficient (Wildman–Crippen LogP) is -0.416. The molecule has 14 heavy (non-hydrogen) atoms. The van der Waals surface area contributed by atoms with E-state index in [-0.39, 0.29) is 23.0 Å². The zero-order valence-corrected chi connectivity index (χ0v) is 7.23. The minimum atomic E-state index is -1.01. The van der Waals surface area contributed by atoms with Crippen molar-refractivity contribution in [3.63, 3.8) is 0 Å². The van der Waals surface area contributed by atoms with E-state index >= 15 is 0 Å². The zero-order valence-electron chi connectivity index (χ0n) is 7.23. The summed E-state index contributed by atoms with van der Waals surface area (Å²) in [6, 6.07) is -0.523. The number of carbonyl (C=O) groups excluding carboxylic acids is 1. The minimum absolute atomic E-state index is 0.158. The van der Waals surface area contributed by atoms with Gasteiger partial charge in [0.15, 0.2) is 12.0 Å². The van der Waals surface area contributed by atoms with E-state index in [1.54, 1.807) is 0 Å². The first-order chi connectivity index (χ1) is 6.65. The lowest BCUT2D eigenvalue weighted by Gasteiger charge is -2.24. The predicted molar refractivity (Wildman–Crippen MR) is 47.2 cm³/mol. The first-order valence-corrected chi connectivity index (χ1v) is 4.13. The summed E-state index contributed by atoms with van der Waals surface area (Å²) in [6.07, 6.45) is -0.628. The molecule has 2 atom stereocenters. The standard InChI is InChI=1S/C8H10N2O4/c9-3-1-10-8-5(6(3)12)7(13)4(2-11)14-8/h2-3,6,10,12-13H,1,9H2. The van der Waals surface area contributed by atoms with Crippen molar-refractivity contribution in [3.05, 3.63) is 11.3 Å². The second kappa shape index (κ2) is 3.00. The number of aliphatic hydroxyl groups is 1. The van der Waals surface area contributed by atoms with Crippen LogP contribution < -0.4 is 11.1 Å². The van der Waals surface area contributed by atoms with Gasteiger partial charge >= 0.3 is 0 Å². The van der Waals surface area contributed by atoms with E-state index in [0.717, 1.165) is 0 Å². The summed E-state index contributed by atoms with van der Waals surface area (Å²) in [5, 5.41) is 21.9. The molecule has 76 valence electrons. The molecule has 0 fully saturated rings. The van der Waals surface area contributed by atoms with Gasteiger partial charge in [-0.3, -0.25) is 4.79 Å². The summed E-state index contributed by atoms with van der Waals surface area (Å²) in [5.41, 5.74) is 5.72. The number of aldehydes is 1. The largest absolute Gasteiger partial charge is 0.504 e. The number of hydrogen-bond acceptors (Lipinski definition) is 6. The van der Waals surface area contributed by atoms with Crippen molar-refractivity contribution in [2.75, 3.05) is 11.9 Å². The molecule has 5 N–H and O–H groups in total. The van der Waals surface area contributed by atoms with Gasteiger partial charge in [-0.05, 0) is 0 Å². The molecule has 0 saturated heterocycles. The molecule has 1 aliphatic rings. The molecule has 0 aliphatic carbocycles. The van der Waals surface area contributed by atoms with Crippen molar-refractivity contribution in [3.8, 4) is 5.75 Å². The van der Waals surface area contributed by atoms with Crippen LogP contribution in [0.4, 0.5) is 5.88 Å². The van der Waals surface area contributed by atoms with Gasteiger partial charge in [-0.15, -0.1) is 0 Å². The Kier molecular flexibility index (Phi) is 1.94. The van der Waals surface area contributed by atoms with Gasteiger partial charge in [-0.1, -0.05) is 0 Å². The molecular weight excluding hydrogens is 188 g/mol. The van der Waals surface area contributed by atoms with Gasteiger partial charge in [0, 0.05) is 6.54 Å². The monoisotopic (exact) mass is 198 g/mol. The lowest BCUT2D eigenvalue weighted by molar-refractivity contribution is 0.109. The van der Waals surface area contributed by atoms with Crippen molar-refractivity contribution < 1.29 is 19.4 Å². The Labute approximate surface area is 79.3 Å². The molecule has 1 aromatic heterocycles. The van der Waals surface area contributed by atoms with Crippen LogP contribution in [0.3, 0.4) is 0 Å². The van der Waals surface area contributed by atoms with Crippen LogP contribution in [0.15, 0.2) is 4.42 Å². The molecule has 0 radical (unpaired) electrons. The van der Waals surface area contributed by atoms with Crippen molar-refractivity contribution in [1.82, 2.24) is 0 Å². The highest BCUT2D eigenvalue weighted by Gasteiger charge is 2.33. The van der Waals surface area contributed by atoms with Gasteiger partial charge < -0.3 is 25.7 Å². The number of anilines is 1. The number of furan rings is 1. The molecule has 6 nitrogen and oxygen atoms in total. The number of aromatic hydroxyl groups is 1. The van der Waals surface area contributed by atoms with Crippen LogP contribution in [-0.2, 0) is 0 Å². The zero-order chi connectivity index (χ0) is 10.3. The average Bonchev–Trinajstić information content (AvgIpc) is 2.50. The van der Waals surface area contributed by atoms with E-state index in [2.05, 4.69) is 5.32 Å². The second-order valence-corrected chi connectivity index (χ2v) is 3.17. The maximum Gasteiger partial charge on any atom is 0.211 e. The maximum absolute atomic E-state index is 10.4. The van der Waals surface area contributed by atoms with Crippen LogP contribution in [0, 0.1) is 0 Å². The summed E-state index contributed by atoms with van der Waals surface area (Å²) in [7, 11) is 0. The van der Waals surface area contributed by atoms with Gasteiger partial charge in [0.2, 0.25) is 11.6 Å². The Morgan fingerprint density at radius 2 is 2.36 bits per heavy atom. The highest BCUT2D eigenvalue weighted by Crippen LogP contribution is 2.40. The summed E-state index contributed by atoms with van der Waals surface area (Å²) < 4.78 is 4.96. The Bertz CT molecular complexity index is 374. The summed E-state index contributed by atoms with van der Waals surface area (Å²) in [6.45, 7) is 0.333. The molecule has 0 spiro atoms. The number of rotatable bonds is 1. The van der Waals surface area contributed by atoms with Crippen LogP contribution in [0.5, 0.6) is 5.75 Å². The molecule has 1 aliphatic heterocycles. The average molecular weight is 198 g/mol. The molecule has 0 amide bonds. The number of carbonyl (C=O) groups is 1. The maximum atomic E-state index is 10.4. The van der Waals surface area contributed by atoms with Crippen LogP contribution in [-0.4, -0.2) is 29.1 Å². The Balaban J connectivity index is 2.53. The lowest BCUT2D eigenvalue weighted by Crippen LogP contribution is -2.38. The normalized spacial score (nSPS) is 25.3. The molecular formula is C8H10N2O4. The third kappa shape index (κ3) is 1.08. The highest BCUT2D eigenvalue weighted by atomic mass is 16.4. The first-order valence-electron chi connectivity index (χ1n) is 4.13. The topological polar surface area (TPSA) is 109 Å². The van der Waals surface area contributed by atoms with Crippen molar-refractivity contribution in [2.24, 2.45) is 5.73 Å². The Hall–Kier alpha value is -1.53. The summed E-state index contributed by atoms with van der Waals surface area (Å²) in [5.74, 6) is -0.334. The molecule has 0 saturated carbocycles. The Morgan fingerprint density at radius 3 is 3.00 bits per heavy atom. The first kappa shape index (κ1) is 9.04. The number of fused-ring (bicyclic) bond motifs is 1. The van der Waals surface area contributed by atoms with Crippen molar-refractivity contribution >= 4 is 12.2 Å². The van der Waals surface area contributed by atoms with Crippen molar-refractivity contribution in [2.45, 2.75) is 12.1 Å². The molecule has 0 bridgehead atoms. The Morgan fingerprint density at radius 1 is 1.64 bits per heavy atom. The number of aliphatic hydroxyl groups excluding tert-OH is 1. The molecule has 2 heterocycles. The van der Waals surface area contributed by atoms with Crippen molar-refractivity contribution in [1.29, 1.82) is 0 Å². The molecule has 2 unspecified atom stereocenters. The van der Waals surface area contributed by atoms with Crippen LogP contribution in [0.1, 0.15) is 22.2 Å². The summed E-state index contributed by atoms with van der Waals surface area (Å²) in [4.78, 5) is 10.4. The number of nitrogens with two attached hydrogens (primary N) is 1.